The monoisotopic (exact) mass is 240 g/mol. The highest BCUT2D eigenvalue weighted by atomic mass is 32.2. The zero-order valence-corrected chi connectivity index (χ0v) is 8.90. The van der Waals surface area contributed by atoms with Crippen LogP contribution in [0.2, 0.25) is 0 Å². The summed E-state index contributed by atoms with van der Waals surface area (Å²) >= 11 is 0. The van der Waals surface area contributed by atoms with Gasteiger partial charge in [0, 0.05) is 12.1 Å². The first-order valence-electron chi connectivity index (χ1n) is 4.15. The van der Waals surface area contributed by atoms with Gasteiger partial charge < -0.3 is 0 Å². The van der Waals surface area contributed by atoms with Crippen molar-refractivity contribution in [2.75, 3.05) is 6.54 Å². The second-order valence-corrected chi connectivity index (χ2v) is 4.55. The van der Waals surface area contributed by atoms with Crippen LogP contribution in [0.1, 0.15) is 0 Å². The van der Waals surface area contributed by atoms with Crippen LogP contribution in [0.25, 0.3) is 0 Å². The molecule has 16 heavy (non-hydrogen) atoms. The van der Waals surface area contributed by atoms with Crippen LogP contribution in [-0.2, 0) is 10.0 Å². The first-order valence-corrected chi connectivity index (χ1v) is 5.63. The van der Waals surface area contributed by atoms with E-state index in [4.69, 9.17) is 6.42 Å². The molecule has 0 atom stereocenters. The summed E-state index contributed by atoms with van der Waals surface area (Å²) in [7, 11) is -3.78. The molecule has 0 aromatic heterocycles. The highest BCUT2D eigenvalue weighted by Gasteiger charge is 2.16. The summed E-state index contributed by atoms with van der Waals surface area (Å²) in [5.74, 6) is 2.11. The van der Waals surface area contributed by atoms with Gasteiger partial charge in [-0.25, -0.2) is 8.42 Å². The topological polar surface area (TPSA) is 89.3 Å². The summed E-state index contributed by atoms with van der Waals surface area (Å²) in [4.78, 5) is 9.60. The second kappa shape index (κ2) is 4.74. The molecule has 0 radical (unpaired) electrons. The van der Waals surface area contributed by atoms with Crippen molar-refractivity contribution in [3.05, 3.63) is 34.4 Å². The van der Waals surface area contributed by atoms with E-state index in [2.05, 4.69) is 10.6 Å². The Labute approximate surface area is 92.5 Å². The molecule has 0 saturated heterocycles. The second-order valence-electron chi connectivity index (χ2n) is 2.78. The molecule has 1 aromatic rings. The molecule has 6 nitrogen and oxygen atoms in total. The van der Waals surface area contributed by atoms with Gasteiger partial charge in [0.2, 0.25) is 10.0 Å². The summed E-state index contributed by atoms with van der Waals surface area (Å²) in [5.41, 5.74) is -0.288. The predicted octanol–water partition coefficient (Wildman–Crippen LogP) is 0.506. The zero-order chi connectivity index (χ0) is 12.2. The van der Waals surface area contributed by atoms with Gasteiger partial charge in [0.05, 0.1) is 16.4 Å². The minimum absolute atomic E-state index is 0.162. The fourth-order valence-electron chi connectivity index (χ4n) is 0.984. The SMILES string of the molecule is C#CCNS(=O)(=O)c1cccc([N+](=O)[O-])c1. The Morgan fingerprint density at radius 1 is 1.50 bits per heavy atom. The first-order chi connectivity index (χ1) is 7.47. The van der Waals surface area contributed by atoms with E-state index in [0.29, 0.717) is 0 Å². The van der Waals surface area contributed by atoms with E-state index in [1.54, 1.807) is 0 Å². The Balaban J connectivity index is 3.10. The normalized spacial score (nSPS) is 10.7. The number of non-ortho nitro benzene ring substituents is 1. The molecule has 0 spiro atoms. The summed E-state index contributed by atoms with van der Waals surface area (Å²) in [5, 5.41) is 10.5. The van der Waals surface area contributed by atoms with E-state index < -0.39 is 14.9 Å². The van der Waals surface area contributed by atoms with Gasteiger partial charge in [-0.15, -0.1) is 6.42 Å². The van der Waals surface area contributed by atoms with Crippen molar-refractivity contribution in [3.63, 3.8) is 0 Å². The van der Waals surface area contributed by atoms with Crippen molar-refractivity contribution in [3.8, 4) is 12.3 Å². The number of nitrogens with one attached hydrogen (secondary N) is 1. The first kappa shape index (κ1) is 12.2. The van der Waals surface area contributed by atoms with Crippen LogP contribution in [0.3, 0.4) is 0 Å². The van der Waals surface area contributed by atoms with E-state index in [1.807, 2.05) is 0 Å². The van der Waals surface area contributed by atoms with Gasteiger partial charge in [0.1, 0.15) is 0 Å². The van der Waals surface area contributed by atoms with Crippen molar-refractivity contribution in [1.82, 2.24) is 4.72 Å². The van der Waals surface area contributed by atoms with Crippen LogP contribution in [-0.4, -0.2) is 19.9 Å². The standard InChI is InChI=1S/C9H8N2O4S/c1-2-6-10-16(14,15)9-5-3-4-8(7-9)11(12)13/h1,3-5,7,10H,6H2. The Morgan fingerprint density at radius 2 is 2.19 bits per heavy atom. The Kier molecular flexibility index (Phi) is 3.60. The molecule has 84 valence electrons. The maximum absolute atomic E-state index is 11.5. The molecular weight excluding hydrogens is 232 g/mol. The number of rotatable bonds is 4. The molecule has 0 bridgehead atoms. The lowest BCUT2D eigenvalue weighted by Crippen LogP contribution is -2.23. The number of terminal acetylenes is 1. The van der Waals surface area contributed by atoms with Crippen molar-refractivity contribution in [2.24, 2.45) is 0 Å². The van der Waals surface area contributed by atoms with Crippen LogP contribution in [0.4, 0.5) is 5.69 Å². The molecule has 0 amide bonds. The third-order valence-electron chi connectivity index (χ3n) is 1.70. The number of sulfonamides is 1. The van der Waals surface area contributed by atoms with Crippen LogP contribution < -0.4 is 4.72 Å². The maximum atomic E-state index is 11.5. The van der Waals surface area contributed by atoms with Crippen molar-refractivity contribution < 1.29 is 13.3 Å². The number of benzene rings is 1. The summed E-state index contributed by atoms with van der Waals surface area (Å²) in [6.07, 6.45) is 4.91. The Morgan fingerprint density at radius 3 is 2.75 bits per heavy atom. The Bertz CT molecular complexity index is 545. The van der Waals surface area contributed by atoms with Crippen molar-refractivity contribution in [1.29, 1.82) is 0 Å². The zero-order valence-electron chi connectivity index (χ0n) is 8.08. The molecule has 0 aliphatic rings. The van der Waals surface area contributed by atoms with E-state index in [9.17, 15) is 18.5 Å². The van der Waals surface area contributed by atoms with Gasteiger partial charge in [-0.2, -0.15) is 4.72 Å². The van der Waals surface area contributed by atoms with Crippen molar-refractivity contribution >= 4 is 15.7 Å². The summed E-state index contributed by atoms with van der Waals surface area (Å²) in [6.45, 7) is -0.162. The van der Waals surface area contributed by atoms with E-state index in [0.717, 1.165) is 6.07 Å². The fraction of sp³-hybridized carbons (Fsp3) is 0.111. The molecule has 1 N–H and O–H groups in total. The van der Waals surface area contributed by atoms with Crippen LogP contribution in [0.5, 0.6) is 0 Å². The molecule has 7 heteroatoms. The predicted molar refractivity (Wildman–Crippen MR) is 57.1 cm³/mol. The maximum Gasteiger partial charge on any atom is 0.270 e. The highest BCUT2D eigenvalue weighted by molar-refractivity contribution is 7.89. The molecule has 0 aliphatic heterocycles. The van der Waals surface area contributed by atoms with Gasteiger partial charge in [0.25, 0.3) is 5.69 Å². The summed E-state index contributed by atoms with van der Waals surface area (Å²) < 4.78 is 25.2. The van der Waals surface area contributed by atoms with E-state index >= 15 is 0 Å². The van der Waals surface area contributed by atoms with Gasteiger partial charge >= 0.3 is 0 Å². The van der Waals surface area contributed by atoms with Gasteiger partial charge in [-0.1, -0.05) is 12.0 Å². The molecule has 0 saturated carbocycles. The number of hydrogen-bond donors (Lipinski definition) is 1. The van der Waals surface area contributed by atoms with Gasteiger partial charge in [-0.05, 0) is 6.07 Å². The average Bonchev–Trinajstić information content (AvgIpc) is 2.26. The smallest absolute Gasteiger partial charge is 0.258 e. The third-order valence-corrected chi connectivity index (χ3v) is 3.10. The lowest BCUT2D eigenvalue weighted by Gasteiger charge is -2.03. The molecular formula is C9H8N2O4S. The number of nitrogens with zero attached hydrogens (tertiary/aromatic N) is 1. The van der Waals surface area contributed by atoms with Gasteiger partial charge in [-0.3, -0.25) is 10.1 Å². The number of nitro benzene ring substituents is 1. The minimum atomic E-state index is -3.78. The average molecular weight is 240 g/mol. The van der Waals surface area contributed by atoms with E-state index in [-0.39, 0.29) is 17.1 Å². The minimum Gasteiger partial charge on any atom is -0.258 e. The van der Waals surface area contributed by atoms with Crippen LogP contribution in [0.15, 0.2) is 29.2 Å². The number of hydrogen-bond acceptors (Lipinski definition) is 4. The highest BCUT2D eigenvalue weighted by Crippen LogP contribution is 2.16. The molecule has 0 fully saturated rings. The molecule has 1 rings (SSSR count). The van der Waals surface area contributed by atoms with Gasteiger partial charge in [0.15, 0.2) is 0 Å². The fourth-order valence-corrected chi connectivity index (χ4v) is 1.96. The molecule has 0 unspecified atom stereocenters. The largest absolute Gasteiger partial charge is 0.270 e. The lowest BCUT2D eigenvalue weighted by molar-refractivity contribution is -0.385. The van der Waals surface area contributed by atoms with E-state index in [1.165, 1.54) is 18.2 Å². The quantitative estimate of drug-likeness (QED) is 0.471. The lowest BCUT2D eigenvalue weighted by atomic mass is 10.3. The molecule has 1 aromatic carbocycles. The summed E-state index contributed by atoms with van der Waals surface area (Å²) in [6, 6.07) is 4.73. The third kappa shape index (κ3) is 2.79. The van der Waals surface area contributed by atoms with Crippen LogP contribution in [0, 0.1) is 22.5 Å². The molecule has 0 aliphatic carbocycles. The van der Waals surface area contributed by atoms with Crippen molar-refractivity contribution in [2.45, 2.75) is 4.90 Å². The number of nitro groups is 1. The van der Waals surface area contributed by atoms with Crippen LogP contribution >= 0.6 is 0 Å². The molecule has 0 heterocycles. The Hall–Kier alpha value is -1.91.